The number of phosphoric acid groups is 1. The Morgan fingerprint density at radius 1 is 0.880 bits per heavy atom. The minimum absolute atomic E-state index is 0.0165. The molecule has 0 atom stereocenters. The summed E-state index contributed by atoms with van der Waals surface area (Å²) in [6.45, 7) is 0.264. The summed E-state index contributed by atoms with van der Waals surface area (Å²) in [4.78, 5) is 57.8. The zero-order chi connectivity index (χ0) is 36.2. The molecular formula is C36H38N4O9P+. The fourth-order valence-electron chi connectivity index (χ4n) is 5.48. The average molecular weight is 702 g/mol. The number of nitrogens with zero attached hydrogens (tertiary/aromatic N) is 2. The van der Waals surface area contributed by atoms with Gasteiger partial charge in [-0.25, -0.2) is 13.9 Å². The van der Waals surface area contributed by atoms with Crippen molar-refractivity contribution < 1.29 is 42.8 Å². The summed E-state index contributed by atoms with van der Waals surface area (Å²) >= 11 is 0. The fraction of sp³-hybridized carbons (Fsp3) is 0.222. The van der Waals surface area contributed by atoms with Crippen LogP contribution in [-0.4, -0.2) is 74.0 Å². The first-order valence-electron chi connectivity index (χ1n) is 15.6. The van der Waals surface area contributed by atoms with E-state index >= 15 is 0 Å². The van der Waals surface area contributed by atoms with E-state index in [9.17, 15) is 24.1 Å². The Morgan fingerprint density at radius 2 is 1.58 bits per heavy atom. The topological polar surface area (TPSA) is 182 Å². The number of carboxylic acids is 1. The molecule has 1 aliphatic heterocycles. The van der Waals surface area contributed by atoms with Crippen LogP contribution < -0.4 is 30.0 Å². The van der Waals surface area contributed by atoms with Gasteiger partial charge >= 0.3 is 13.8 Å². The van der Waals surface area contributed by atoms with Gasteiger partial charge in [-0.1, -0.05) is 18.2 Å². The minimum atomic E-state index is -4.65. The molecule has 2 amide bonds. The molecule has 14 heteroatoms. The molecule has 2 aliphatic rings. The van der Waals surface area contributed by atoms with E-state index in [0.29, 0.717) is 28.9 Å². The number of phosphoric ester groups is 1. The molecule has 3 aromatic rings. The molecular weight excluding hydrogens is 663 g/mol. The normalized spacial score (nSPS) is 11.3. The van der Waals surface area contributed by atoms with Crippen LogP contribution in [0, 0.1) is 0 Å². The van der Waals surface area contributed by atoms with Gasteiger partial charge in [0.15, 0.2) is 0 Å². The largest absolute Gasteiger partial charge is 0.524 e. The Morgan fingerprint density at radius 3 is 2.24 bits per heavy atom. The van der Waals surface area contributed by atoms with E-state index < -0.39 is 19.7 Å². The van der Waals surface area contributed by atoms with Crippen molar-refractivity contribution in [3.8, 4) is 28.2 Å². The number of amides is 2. The van der Waals surface area contributed by atoms with Crippen LogP contribution in [0.25, 0.3) is 33.4 Å². The lowest BCUT2D eigenvalue weighted by Crippen LogP contribution is -2.34. The Hall–Kier alpha value is -5.49. The highest BCUT2D eigenvalue weighted by Crippen LogP contribution is 2.42. The van der Waals surface area contributed by atoms with Gasteiger partial charge in [0.25, 0.3) is 5.91 Å². The van der Waals surface area contributed by atoms with Gasteiger partial charge in [-0.05, 0) is 60.0 Å². The first-order valence-corrected chi connectivity index (χ1v) is 17.2. The monoisotopic (exact) mass is 701 g/mol. The van der Waals surface area contributed by atoms with Crippen LogP contribution in [0.15, 0.2) is 83.3 Å². The van der Waals surface area contributed by atoms with Crippen molar-refractivity contribution >= 4 is 42.3 Å². The quantitative estimate of drug-likeness (QED) is 0.0553. The molecule has 5 N–H and O–H groups in total. The first-order chi connectivity index (χ1) is 23.7. The third-order valence-corrected chi connectivity index (χ3v) is 8.47. The highest BCUT2D eigenvalue weighted by Gasteiger charge is 2.24. The lowest BCUT2D eigenvalue weighted by molar-refractivity contribution is -0.121. The molecule has 0 bridgehead atoms. The molecule has 5 rings (SSSR count). The number of hydrogen-bond acceptors (Lipinski definition) is 7. The number of aromatic carboxylic acids is 1. The molecule has 0 unspecified atom stereocenters. The molecule has 0 spiro atoms. The van der Waals surface area contributed by atoms with Crippen molar-refractivity contribution in [2.75, 3.05) is 46.2 Å². The van der Waals surface area contributed by atoms with E-state index in [-0.39, 0.29) is 42.3 Å². The van der Waals surface area contributed by atoms with Crippen molar-refractivity contribution in [1.29, 1.82) is 0 Å². The van der Waals surface area contributed by atoms with Gasteiger partial charge in [-0.3, -0.25) is 19.4 Å². The second-order valence-corrected chi connectivity index (χ2v) is 13.2. The third-order valence-electron chi connectivity index (χ3n) is 8.02. The number of anilines is 1. The number of hydrogen-bond donors (Lipinski definition) is 5. The molecule has 260 valence electrons. The third kappa shape index (κ3) is 8.56. The van der Waals surface area contributed by atoms with E-state index in [0.717, 1.165) is 27.6 Å². The van der Waals surface area contributed by atoms with Gasteiger partial charge < -0.3 is 29.6 Å². The smallest absolute Gasteiger partial charge is 0.478 e. The van der Waals surface area contributed by atoms with Crippen molar-refractivity contribution in [2.24, 2.45) is 0 Å². The molecule has 13 nitrogen and oxygen atoms in total. The van der Waals surface area contributed by atoms with Crippen molar-refractivity contribution in [3.05, 3.63) is 101 Å². The predicted octanol–water partition coefficient (Wildman–Crippen LogP) is 3.95. The van der Waals surface area contributed by atoms with Gasteiger partial charge in [0.2, 0.25) is 11.3 Å². The second kappa shape index (κ2) is 15.0. The maximum atomic E-state index is 13.1. The van der Waals surface area contributed by atoms with Crippen LogP contribution in [-0.2, 0) is 15.8 Å². The van der Waals surface area contributed by atoms with Crippen molar-refractivity contribution in [2.45, 2.75) is 12.8 Å². The number of carbonyl (C=O) groups is 3. The van der Waals surface area contributed by atoms with E-state index in [2.05, 4.69) is 15.2 Å². The first kappa shape index (κ1) is 35.8. The van der Waals surface area contributed by atoms with Gasteiger partial charge in [-0.15, -0.1) is 0 Å². The fourth-order valence-corrected chi connectivity index (χ4v) is 5.87. The molecule has 0 fully saturated rings. The standard InChI is InChI=1S/C36H37N4O9P/c1-39(2)24-9-14-28-31(20-24)48-32-21-25(40(3)4)10-15-29(32)34(28)27-13-8-23(19-30(27)36(43)44)35(42)38-18-17-37-33(41)16-7-22-5-11-26(12-6-22)49-50(45,46)47/h5-6,8-15,19-21H,7,16-18H2,1-4H3,(H4-,37,38,41,42,43,44,45,46,47)/p+1. The van der Waals surface area contributed by atoms with Crippen LogP contribution in [0.5, 0.6) is 5.75 Å². The van der Waals surface area contributed by atoms with Crippen molar-refractivity contribution in [1.82, 2.24) is 15.2 Å². The zero-order valence-electron chi connectivity index (χ0n) is 28.0. The molecule has 0 saturated heterocycles. The van der Waals surface area contributed by atoms with E-state index in [1.165, 1.54) is 18.2 Å². The lowest BCUT2D eigenvalue weighted by atomic mass is 9.89. The molecule has 0 radical (unpaired) electrons. The molecule has 3 aromatic carbocycles. The minimum Gasteiger partial charge on any atom is -0.478 e. The lowest BCUT2D eigenvalue weighted by Gasteiger charge is -2.19. The molecule has 0 saturated carbocycles. The summed E-state index contributed by atoms with van der Waals surface area (Å²) in [6.07, 6.45) is 0.533. The van der Waals surface area contributed by atoms with Crippen LogP contribution in [0.4, 0.5) is 5.69 Å². The maximum absolute atomic E-state index is 13.1. The summed E-state index contributed by atoms with van der Waals surface area (Å²) < 4.78 is 23.8. The van der Waals surface area contributed by atoms with E-state index in [1.807, 2.05) is 74.1 Å². The SMILES string of the molecule is CN(C)c1ccc2c(-c3ccc(C(=O)NCCNC(=O)CCc4ccc(OP(=O)(O)O)cc4)cc3C(=O)O)c3ccc(=[N+](C)C)cc-3oc2c1. The summed E-state index contributed by atoms with van der Waals surface area (Å²) in [5, 5.41) is 17.4. The molecule has 1 aliphatic carbocycles. The number of benzene rings is 4. The number of carbonyl (C=O) groups excluding carboxylic acids is 2. The van der Waals surface area contributed by atoms with Crippen LogP contribution in [0.3, 0.4) is 0 Å². The van der Waals surface area contributed by atoms with Gasteiger partial charge in [0.1, 0.15) is 31.2 Å². The van der Waals surface area contributed by atoms with Crippen molar-refractivity contribution in [3.63, 3.8) is 0 Å². The summed E-state index contributed by atoms with van der Waals surface area (Å²) in [6, 6.07) is 22.1. The maximum Gasteiger partial charge on any atom is 0.524 e. The Kier molecular flexibility index (Phi) is 10.7. The van der Waals surface area contributed by atoms with Crippen LogP contribution in [0.2, 0.25) is 0 Å². The highest BCUT2D eigenvalue weighted by atomic mass is 31.2. The number of nitrogens with one attached hydrogen (secondary N) is 2. The molecule has 50 heavy (non-hydrogen) atoms. The number of carboxylic acid groups (broad SMARTS) is 1. The molecule has 0 aromatic heterocycles. The predicted molar refractivity (Wildman–Crippen MR) is 189 cm³/mol. The van der Waals surface area contributed by atoms with Crippen LogP contribution in [0.1, 0.15) is 32.7 Å². The Bertz CT molecular complexity index is 2170. The van der Waals surface area contributed by atoms with Crippen LogP contribution >= 0.6 is 7.82 Å². The van der Waals surface area contributed by atoms with Gasteiger partial charge in [0, 0.05) is 73.5 Å². The summed E-state index contributed by atoms with van der Waals surface area (Å²) in [5.74, 6) is -1.34. The highest BCUT2D eigenvalue weighted by molar-refractivity contribution is 7.46. The second-order valence-electron chi connectivity index (χ2n) is 12.0. The zero-order valence-corrected chi connectivity index (χ0v) is 28.9. The van der Waals surface area contributed by atoms with E-state index in [1.54, 1.807) is 24.3 Å². The number of aryl methyl sites for hydroxylation is 1. The van der Waals surface area contributed by atoms with Gasteiger partial charge in [-0.2, -0.15) is 0 Å². The summed E-state index contributed by atoms with van der Waals surface area (Å²) in [5.41, 5.74) is 4.22. The number of rotatable bonds is 12. The molecule has 1 heterocycles. The summed E-state index contributed by atoms with van der Waals surface area (Å²) in [7, 11) is 3.05. The van der Waals surface area contributed by atoms with E-state index in [4.69, 9.17) is 14.2 Å². The number of fused-ring (bicyclic) bond motifs is 2. The van der Waals surface area contributed by atoms with Gasteiger partial charge in [0.05, 0.1) is 11.6 Å². The average Bonchev–Trinajstić information content (AvgIpc) is 3.07. The Labute approximate surface area is 288 Å². The Balaban J connectivity index is 1.30.